The highest BCUT2D eigenvalue weighted by atomic mass is 35.5. The summed E-state index contributed by atoms with van der Waals surface area (Å²) in [6, 6.07) is 0.386. The van der Waals surface area contributed by atoms with E-state index >= 15 is 0 Å². The van der Waals surface area contributed by atoms with Crippen molar-refractivity contribution in [3.8, 4) is 0 Å². The lowest BCUT2D eigenvalue weighted by molar-refractivity contribution is -0.118. The minimum Gasteiger partial charge on any atom is -0.300 e. The highest BCUT2D eigenvalue weighted by Crippen LogP contribution is 2.21. The van der Waals surface area contributed by atoms with Gasteiger partial charge in [0.1, 0.15) is 5.78 Å². The van der Waals surface area contributed by atoms with Gasteiger partial charge in [0.2, 0.25) is 0 Å². The fraction of sp³-hybridized carbons (Fsp3) is 0.727. The minimum atomic E-state index is 0.266. The zero-order valence-corrected chi connectivity index (χ0v) is 9.52. The van der Waals surface area contributed by atoms with Gasteiger partial charge in [0, 0.05) is 24.0 Å². The molecule has 0 spiro atoms. The van der Waals surface area contributed by atoms with Crippen LogP contribution in [0, 0.1) is 0 Å². The quantitative estimate of drug-likeness (QED) is 0.719. The Hall–Kier alpha value is -0.340. The van der Waals surface area contributed by atoms with E-state index in [1.54, 1.807) is 6.92 Å². The molecule has 1 aliphatic heterocycles. The Morgan fingerprint density at radius 1 is 1.57 bits per heavy atom. The third kappa shape index (κ3) is 3.81. The Morgan fingerprint density at radius 3 is 2.86 bits per heavy atom. The van der Waals surface area contributed by atoms with Gasteiger partial charge in [-0.15, -0.1) is 0 Å². The molecule has 80 valence electrons. The Kier molecular flexibility index (Phi) is 4.63. The monoisotopic (exact) mass is 215 g/mol. The molecule has 0 bridgehead atoms. The lowest BCUT2D eigenvalue weighted by atomic mass is 9.98. The van der Waals surface area contributed by atoms with E-state index in [1.165, 1.54) is 12.8 Å². The minimum absolute atomic E-state index is 0.266. The number of nitrogens with zero attached hydrogens (tertiary/aromatic N) is 1. The first-order valence-electron chi connectivity index (χ1n) is 5.16. The predicted octanol–water partition coefficient (Wildman–Crippen LogP) is 2.57. The van der Waals surface area contributed by atoms with Gasteiger partial charge in [0.15, 0.2) is 0 Å². The first kappa shape index (κ1) is 11.7. The zero-order valence-electron chi connectivity index (χ0n) is 8.76. The molecule has 0 radical (unpaired) electrons. The van der Waals surface area contributed by atoms with Crippen LogP contribution < -0.4 is 0 Å². The van der Waals surface area contributed by atoms with Gasteiger partial charge < -0.3 is 0 Å². The van der Waals surface area contributed by atoms with E-state index in [0.717, 1.165) is 19.5 Å². The molecule has 1 rings (SSSR count). The van der Waals surface area contributed by atoms with Gasteiger partial charge in [0.05, 0.1) is 0 Å². The maximum absolute atomic E-state index is 11.1. The first-order chi connectivity index (χ1) is 6.59. The van der Waals surface area contributed by atoms with Crippen LogP contribution in [-0.4, -0.2) is 29.8 Å². The van der Waals surface area contributed by atoms with Crippen LogP contribution in [0.15, 0.2) is 11.6 Å². The summed E-state index contributed by atoms with van der Waals surface area (Å²) in [6.45, 7) is 7.12. The van der Waals surface area contributed by atoms with E-state index in [-0.39, 0.29) is 5.78 Å². The maximum atomic E-state index is 11.1. The third-order valence-electron chi connectivity index (χ3n) is 2.65. The van der Waals surface area contributed by atoms with Crippen LogP contribution in [-0.2, 0) is 4.79 Å². The highest BCUT2D eigenvalue weighted by molar-refractivity contribution is 6.29. The van der Waals surface area contributed by atoms with Crippen molar-refractivity contribution in [1.29, 1.82) is 0 Å². The predicted molar refractivity (Wildman–Crippen MR) is 59.5 cm³/mol. The van der Waals surface area contributed by atoms with Crippen LogP contribution in [0.4, 0.5) is 0 Å². The number of carbonyl (C=O) groups is 1. The molecule has 1 aliphatic rings. The molecule has 0 saturated carbocycles. The van der Waals surface area contributed by atoms with Crippen molar-refractivity contribution < 1.29 is 4.79 Å². The molecule has 3 heteroatoms. The normalized spacial score (nSPS) is 23.4. The number of likely N-dealkylation sites (tertiary alicyclic amines) is 1. The second-order valence-electron chi connectivity index (χ2n) is 4.04. The molecule has 0 aromatic carbocycles. The lowest BCUT2D eigenvalue weighted by Crippen LogP contribution is -2.41. The smallest absolute Gasteiger partial charge is 0.131 e. The lowest BCUT2D eigenvalue weighted by Gasteiger charge is -2.34. The van der Waals surface area contributed by atoms with E-state index in [2.05, 4.69) is 11.5 Å². The molecule has 14 heavy (non-hydrogen) atoms. The van der Waals surface area contributed by atoms with Crippen molar-refractivity contribution in [2.75, 3.05) is 13.1 Å². The molecule has 0 aromatic heterocycles. The Labute approximate surface area is 90.9 Å². The molecule has 1 heterocycles. The third-order valence-corrected chi connectivity index (χ3v) is 2.77. The number of carbonyl (C=O) groups excluding carboxylic acids is 1. The van der Waals surface area contributed by atoms with E-state index in [0.29, 0.717) is 17.5 Å². The van der Waals surface area contributed by atoms with Gasteiger partial charge in [0.25, 0.3) is 0 Å². The summed E-state index contributed by atoms with van der Waals surface area (Å²) in [4.78, 5) is 13.3. The van der Waals surface area contributed by atoms with Gasteiger partial charge in [-0.1, -0.05) is 24.6 Å². The Balaban J connectivity index is 2.49. The topological polar surface area (TPSA) is 20.3 Å². The second kappa shape index (κ2) is 5.52. The van der Waals surface area contributed by atoms with E-state index in [1.807, 2.05) is 0 Å². The first-order valence-corrected chi connectivity index (χ1v) is 5.54. The van der Waals surface area contributed by atoms with Crippen LogP contribution in [0.2, 0.25) is 0 Å². The van der Waals surface area contributed by atoms with E-state index < -0.39 is 0 Å². The summed E-state index contributed by atoms with van der Waals surface area (Å²) >= 11 is 5.79. The van der Waals surface area contributed by atoms with Gasteiger partial charge in [-0.2, -0.15) is 0 Å². The summed E-state index contributed by atoms with van der Waals surface area (Å²) in [5.74, 6) is 0.266. The average molecular weight is 216 g/mol. The average Bonchev–Trinajstić information content (AvgIpc) is 2.06. The van der Waals surface area contributed by atoms with Crippen molar-refractivity contribution >= 4 is 17.4 Å². The summed E-state index contributed by atoms with van der Waals surface area (Å²) in [5, 5.41) is 0.667. The zero-order chi connectivity index (χ0) is 10.6. The largest absolute Gasteiger partial charge is 0.300 e. The van der Waals surface area contributed by atoms with Gasteiger partial charge >= 0.3 is 0 Å². The van der Waals surface area contributed by atoms with Crippen molar-refractivity contribution in [2.45, 2.75) is 38.6 Å². The summed E-state index contributed by atoms with van der Waals surface area (Å²) in [7, 11) is 0. The SMILES string of the molecule is C=C(Cl)CN1CCCCC1CC(C)=O. The number of piperidine rings is 1. The standard InChI is InChI=1S/C11H18ClNO/c1-9(12)8-13-6-4-3-5-11(13)7-10(2)14/h11H,1,3-8H2,2H3. The summed E-state index contributed by atoms with van der Waals surface area (Å²) < 4.78 is 0. The van der Waals surface area contributed by atoms with Gasteiger partial charge in [-0.3, -0.25) is 9.69 Å². The maximum Gasteiger partial charge on any atom is 0.131 e. The molecule has 1 unspecified atom stereocenters. The van der Waals surface area contributed by atoms with Crippen LogP contribution >= 0.6 is 11.6 Å². The van der Waals surface area contributed by atoms with Crippen LogP contribution in [0.3, 0.4) is 0 Å². The number of rotatable bonds is 4. The summed E-state index contributed by atoms with van der Waals surface area (Å²) in [5.41, 5.74) is 0. The van der Waals surface area contributed by atoms with Crippen molar-refractivity contribution in [1.82, 2.24) is 4.90 Å². The van der Waals surface area contributed by atoms with Gasteiger partial charge in [-0.25, -0.2) is 0 Å². The van der Waals surface area contributed by atoms with E-state index in [4.69, 9.17) is 11.6 Å². The Bertz CT molecular complexity index is 203. The molecule has 1 fully saturated rings. The number of ketones is 1. The fourth-order valence-corrected chi connectivity index (χ4v) is 2.21. The summed E-state index contributed by atoms with van der Waals surface area (Å²) in [6.07, 6.45) is 4.20. The van der Waals surface area contributed by atoms with E-state index in [9.17, 15) is 4.79 Å². The van der Waals surface area contributed by atoms with Crippen LogP contribution in [0.5, 0.6) is 0 Å². The second-order valence-corrected chi connectivity index (χ2v) is 4.58. The van der Waals surface area contributed by atoms with Crippen molar-refractivity contribution in [2.24, 2.45) is 0 Å². The van der Waals surface area contributed by atoms with Crippen LogP contribution in [0.1, 0.15) is 32.6 Å². The molecule has 0 aliphatic carbocycles. The van der Waals surface area contributed by atoms with Crippen molar-refractivity contribution in [3.05, 3.63) is 11.6 Å². The number of halogens is 1. The molecule has 2 nitrogen and oxygen atoms in total. The number of hydrogen-bond acceptors (Lipinski definition) is 2. The highest BCUT2D eigenvalue weighted by Gasteiger charge is 2.23. The van der Waals surface area contributed by atoms with Crippen molar-refractivity contribution in [3.63, 3.8) is 0 Å². The fourth-order valence-electron chi connectivity index (χ4n) is 2.05. The van der Waals surface area contributed by atoms with Crippen LogP contribution in [0.25, 0.3) is 0 Å². The number of hydrogen-bond donors (Lipinski definition) is 0. The molecule has 0 aromatic rings. The molecular weight excluding hydrogens is 198 g/mol. The molecule has 0 N–H and O–H groups in total. The molecule has 0 amide bonds. The molecule has 1 atom stereocenters. The molecule has 1 saturated heterocycles. The van der Waals surface area contributed by atoms with Gasteiger partial charge in [-0.05, 0) is 26.3 Å². The molecular formula is C11H18ClNO. The Morgan fingerprint density at radius 2 is 2.29 bits per heavy atom. The number of Topliss-reactive ketones (excluding diaryl/α,β-unsaturated/α-hetero) is 1.